The highest BCUT2D eigenvalue weighted by atomic mass is 16.6. The van der Waals surface area contributed by atoms with Gasteiger partial charge in [-0.25, -0.2) is 14.8 Å². The Morgan fingerprint density at radius 3 is 2.67 bits per heavy atom. The van der Waals surface area contributed by atoms with Gasteiger partial charge in [-0.15, -0.1) is 0 Å². The molecule has 2 aromatic heterocycles. The Labute approximate surface area is 155 Å². The molecule has 0 bridgehead atoms. The van der Waals surface area contributed by atoms with Gasteiger partial charge in [0.25, 0.3) is 0 Å². The number of carbonyl (C=O) groups is 2. The predicted molar refractivity (Wildman–Crippen MR) is 103 cm³/mol. The summed E-state index contributed by atoms with van der Waals surface area (Å²) in [5, 5.41) is 6.57. The number of nitrogens with two attached hydrogens (primary N) is 1. The van der Waals surface area contributed by atoms with E-state index in [9.17, 15) is 9.59 Å². The number of esters is 1. The normalized spacial score (nSPS) is 11.6. The Hall–Kier alpha value is -3.36. The number of aromatic nitrogens is 3. The molecule has 0 unspecified atom stereocenters. The van der Waals surface area contributed by atoms with Crippen LogP contribution in [0.5, 0.6) is 0 Å². The minimum atomic E-state index is -0.589. The molecule has 0 radical (unpaired) electrons. The SMILES string of the molecule is CNC(=O)Nc1ccc2c(c1)c1c(N)ncnc1n2CC(=O)OC(C)(C)C. The second kappa shape index (κ2) is 6.75. The first-order valence-electron chi connectivity index (χ1n) is 8.42. The number of hydrogen-bond acceptors (Lipinski definition) is 6. The Kier molecular flexibility index (Phi) is 4.61. The standard InChI is InChI=1S/C18H22N6O3/c1-18(2,3)27-13(25)8-24-12-6-5-10(23-17(26)20-4)7-11(12)14-15(19)21-9-22-16(14)24/h5-7,9H,8H2,1-4H3,(H2,19,21,22)(H2,20,23,26). The van der Waals surface area contributed by atoms with Crippen LogP contribution in [0.2, 0.25) is 0 Å². The maximum atomic E-state index is 12.4. The molecule has 0 spiro atoms. The Morgan fingerprint density at radius 2 is 2.00 bits per heavy atom. The van der Waals surface area contributed by atoms with Crippen molar-refractivity contribution in [2.45, 2.75) is 32.9 Å². The van der Waals surface area contributed by atoms with Gasteiger partial charge in [0.15, 0.2) is 0 Å². The summed E-state index contributed by atoms with van der Waals surface area (Å²) in [7, 11) is 1.53. The first kappa shape index (κ1) is 18.4. The number of fused-ring (bicyclic) bond motifs is 3. The van der Waals surface area contributed by atoms with Crippen LogP contribution in [0.3, 0.4) is 0 Å². The van der Waals surface area contributed by atoms with E-state index in [2.05, 4.69) is 20.6 Å². The lowest BCUT2D eigenvalue weighted by Crippen LogP contribution is -2.26. The molecule has 3 aromatic rings. The molecule has 0 saturated carbocycles. The quantitative estimate of drug-likeness (QED) is 0.608. The third kappa shape index (κ3) is 3.76. The van der Waals surface area contributed by atoms with E-state index in [4.69, 9.17) is 10.5 Å². The van der Waals surface area contributed by atoms with Crippen molar-refractivity contribution in [3.05, 3.63) is 24.5 Å². The zero-order chi connectivity index (χ0) is 19.8. The van der Waals surface area contributed by atoms with Gasteiger partial charge < -0.3 is 25.7 Å². The average molecular weight is 370 g/mol. The van der Waals surface area contributed by atoms with E-state index in [-0.39, 0.29) is 18.5 Å². The number of benzene rings is 1. The number of nitrogens with one attached hydrogen (secondary N) is 2. The van der Waals surface area contributed by atoms with Crippen LogP contribution in [-0.4, -0.2) is 39.2 Å². The predicted octanol–water partition coefficient (Wildman–Crippen LogP) is 2.26. The second-order valence-electron chi connectivity index (χ2n) is 7.07. The van der Waals surface area contributed by atoms with Crippen LogP contribution in [0.4, 0.5) is 16.3 Å². The van der Waals surface area contributed by atoms with E-state index in [0.717, 1.165) is 10.9 Å². The molecule has 2 heterocycles. The topological polar surface area (TPSA) is 124 Å². The maximum absolute atomic E-state index is 12.4. The second-order valence-corrected chi connectivity index (χ2v) is 7.07. The average Bonchev–Trinajstić information content (AvgIpc) is 2.87. The molecule has 0 aliphatic rings. The molecule has 9 heteroatoms. The van der Waals surface area contributed by atoms with Gasteiger partial charge in [-0.05, 0) is 39.0 Å². The lowest BCUT2D eigenvalue weighted by atomic mass is 10.2. The molecule has 2 amide bonds. The van der Waals surface area contributed by atoms with Gasteiger partial charge in [-0.1, -0.05) is 0 Å². The van der Waals surface area contributed by atoms with Crippen molar-refractivity contribution in [2.75, 3.05) is 18.1 Å². The summed E-state index contributed by atoms with van der Waals surface area (Å²) in [6.45, 7) is 5.42. The first-order chi connectivity index (χ1) is 12.7. The molecule has 142 valence electrons. The highest BCUT2D eigenvalue weighted by molar-refractivity contribution is 6.13. The molecule has 0 aliphatic carbocycles. The minimum Gasteiger partial charge on any atom is -0.459 e. The van der Waals surface area contributed by atoms with Crippen molar-refractivity contribution in [2.24, 2.45) is 0 Å². The summed E-state index contributed by atoms with van der Waals surface area (Å²) >= 11 is 0. The van der Waals surface area contributed by atoms with Gasteiger partial charge in [-0.3, -0.25) is 4.79 Å². The van der Waals surface area contributed by atoms with Crippen molar-refractivity contribution >= 4 is 45.4 Å². The van der Waals surface area contributed by atoms with Gasteiger partial charge in [-0.2, -0.15) is 0 Å². The first-order valence-corrected chi connectivity index (χ1v) is 8.42. The number of urea groups is 1. The third-order valence-electron chi connectivity index (χ3n) is 3.86. The molecular weight excluding hydrogens is 348 g/mol. The van der Waals surface area contributed by atoms with Crippen molar-refractivity contribution in [3.8, 4) is 0 Å². The smallest absolute Gasteiger partial charge is 0.326 e. The van der Waals surface area contributed by atoms with Crippen LogP contribution >= 0.6 is 0 Å². The number of anilines is 2. The number of rotatable bonds is 3. The number of ether oxygens (including phenoxy) is 1. The van der Waals surface area contributed by atoms with Crippen LogP contribution in [0.1, 0.15) is 20.8 Å². The van der Waals surface area contributed by atoms with Crippen molar-refractivity contribution in [3.63, 3.8) is 0 Å². The molecule has 27 heavy (non-hydrogen) atoms. The van der Waals surface area contributed by atoms with Crippen LogP contribution in [0.15, 0.2) is 24.5 Å². The van der Waals surface area contributed by atoms with Crippen molar-refractivity contribution in [1.29, 1.82) is 0 Å². The maximum Gasteiger partial charge on any atom is 0.326 e. The van der Waals surface area contributed by atoms with Crippen LogP contribution in [0, 0.1) is 0 Å². The van der Waals surface area contributed by atoms with Gasteiger partial charge in [0.05, 0.1) is 10.9 Å². The molecule has 4 N–H and O–H groups in total. The van der Waals surface area contributed by atoms with Crippen LogP contribution in [-0.2, 0) is 16.1 Å². The molecule has 9 nitrogen and oxygen atoms in total. The van der Waals surface area contributed by atoms with Gasteiger partial charge in [0.2, 0.25) is 0 Å². The molecule has 1 aromatic carbocycles. The molecule has 0 atom stereocenters. The van der Waals surface area contributed by atoms with E-state index < -0.39 is 5.60 Å². The number of amides is 2. The number of carbonyl (C=O) groups excluding carboxylic acids is 2. The summed E-state index contributed by atoms with van der Waals surface area (Å²) in [5.41, 5.74) is 7.33. The largest absolute Gasteiger partial charge is 0.459 e. The van der Waals surface area contributed by atoms with Crippen molar-refractivity contribution in [1.82, 2.24) is 19.9 Å². The van der Waals surface area contributed by atoms with Crippen molar-refractivity contribution < 1.29 is 14.3 Å². The Bertz CT molecular complexity index is 1030. The summed E-state index contributed by atoms with van der Waals surface area (Å²) in [6.07, 6.45) is 1.35. The summed E-state index contributed by atoms with van der Waals surface area (Å²) in [4.78, 5) is 32.3. The van der Waals surface area contributed by atoms with Gasteiger partial charge in [0, 0.05) is 18.1 Å². The minimum absolute atomic E-state index is 0.0179. The molecule has 3 rings (SSSR count). The zero-order valence-electron chi connectivity index (χ0n) is 15.7. The van der Waals surface area contributed by atoms with Gasteiger partial charge in [0.1, 0.15) is 29.9 Å². The van der Waals surface area contributed by atoms with Crippen LogP contribution < -0.4 is 16.4 Å². The van der Waals surface area contributed by atoms with E-state index >= 15 is 0 Å². The summed E-state index contributed by atoms with van der Waals surface area (Å²) in [5.74, 6) is -0.0870. The van der Waals surface area contributed by atoms with E-state index in [1.54, 1.807) is 22.8 Å². The van der Waals surface area contributed by atoms with E-state index in [0.29, 0.717) is 22.5 Å². The zero-order valence-corrected chi connectivity index (χ0v) is 15.7. The Morgan fingerprint density at radius 1 is 1.26 bits per heavy atom. The lowest BCUT2D eigenvalue weighted by Gasteiger charge is -2.20. The number of nitrogen functional groups attached to an aromatic ring is 1. The number of hydrogen-bond donors (Lipinski definition) is 3. The molecule has 0 fully saturated rings. The fourth-order valence-corrected chi connectivity index (χ4v) is 2.87. The molecular formula is C18H22N6O3. The fourth-order valence-electron chi connectivity index (χ4n) is 2.87. The highest BCUT2D eigenvalue weighted by Gasteiger charge is 2.21. The van der Waals surface area contributed by atoms with Crippen LogP contribution in [0.25, 0.3) is 21.9 Å². The molecule has 0 aliphatic heterocycles. The lowest BCUT2D eigenvalue weighted by molar-refractivity contribution is -0.155. The van der Waals surface area contributed by atoms with E-state index in [1.807, 2.05) is 20.8 Å². The monoisotopic (exact) mass is 370 g/mol. The molecule has 0 saturated heterocycles. The van der Waals surface area contributed by atoms with Gasteiger partial charge >= 0.3 is 12.0 Å². The highest BCUT2D eigenvalue weighted by Crippen LogP contribution is 2.32. The van der Waals surface area contributed by atoms with E-state index in [1.165, 1.54) is 13.4 Å². The third-order valence-corrected chi connectivity index (χ3v) is 3.86. The number of nitrogens with zero attached hydrogens (tertiary/aromatic N) is 3. The fraction of sp³-hybridized carbons (Fsp3) is 0.333. The Balaban J connectivity index is 2.13. The summed E-state index contributed by atoms with van der Waals surface area (Å²) in [6, 6.07) is 4.98. The summed E-state index contributed by atoms with van der Waals surface area (Å²) < 4.78 is 7.17.